The molecule has 0 saturated heterocycles. The Morgan fingerprint density at radius 2 is 2.28 bits per heavy atom. The summed E-state index contributed by atoms with van der Waals surface area (Å²) in [5.41, 5.74) is 0.426. The highest BCUT2D eigenvalue weighted by Crippen LogP contribution is 2.23. The molecule has 2 aromatic heterocycles. The predicted molar refractivity (Wildman–Crippen MR) is 71.4 cm³/mol. The summed E-state index contributed by atoms with van der Waals surface area (Å²) in [6.07, 6.45) is 1.64. The van der Waals surface area contributed by atoms with Crippen LogP contribution in [0.15, 0.2) is 12.3 Å². The smallest absolute Gasteiger partial charge is 0.337 e. The van der Waals surface area contributed by atoms with Gasteiger partial charge in [-0.2, -0.15) is 11.8 Å². The summed E-state index contributed by atoms with van der Waals surface area (Å²) in [7, 11) is 0. The standard InChI is InChI=1S/C11H12ClN3O2S/c1-6(2)18-5-8-13-14-10-9(12)7(11(16)17)3-4-15(8)10/h3-4,6H,5H2,1-2H3,(H,16,17). The van der Waals surface area contributed by atoms with Gasteiger partial charge in [0.15, 0.2) is 5.65 Å². The molecule has 0 aliphatic rings. The first-order valence-corrected chi connectivity index (χ1v) is 6.80. The first-order chi connectivity index (χ1) is 8.50. The maximum absolute atomic E-state index is 10.9. The average molecular weight is 286 g/mol. The minimum absolute atomic E-state index is 0.0413. The van der Waals surface area contributed by atoms with Crippen molar-refractivity contribution in [3.8, 4) is 0 Å². The van der Waals surface area contributed by atoms with Crippen molar-refractivity contribution < 1.29 is 9.90 Å². The van der Waals surface area contributed by atoms with Crippen LogP contribution in [0.25, 0.3) is 5.65 Å². The summed E-state index contributed by atoms with van der Waals surface area (Å²) in [6, 6.07) is 1.46. The number of rotatable bonds is 4. The van der Waals surface area contributed by atoms with Gasteiger partial charge in [0.1, 0.15) is 10.8 Å². The molecule has 2 aromatic rings. The third kappa shape index (κ3) is 2.44. The number of nitrogens with zero attached hydrogens (tertiary/aromatic N) is 3. The molecule has 0 radical (unpaired) electrons. The fourth-order valence-electron chi connectivity index (χ4n) is 1.48. The van der Waals surface area contributed by atoms with Crippen LogP contribution in [0.3, 0.4) is 0 Å². The molecule has 1 N–H and O–H groups in total. The lowest BCUT2D eigenvalue weighted by Gasteiger charge is -2.04. The van der Waals surface area contributed by atoms with Crippen LogP contribution in [0, 0.1) is 0 Å². The molecule has 0 unspecified atom stereocenters. The predicted octanol–water partition coefficient (Wildman–Crippen LogP) is 2.72. The monoisotopic (exact) mass is 285 g/mol. The molecule has 0 aromatic carbocycles. The molecule has 0 aliphatic heterocycles. The Hall–Kier alpha value is -1.27. The van der Waals surface area contributed by atoms with E-state index < -0.39 is 5.97 Å². The largest absolute Gasteiger partial charge is 0.478 e. The zero-order valence-electron chi connectivity index (χ0n) is 9.92. The Morgan fingerprint density at radius 3 is 2.89 bits per heavy atom. The third-order valence-corrected chi connectivity index (χ3v) is 3.83. The average Bonchev–Trinajstić information content (AvgIpc) is 2.70. The second-order valence-electron chi connectivity index (χ2n) is 4.02. The second-order valence-corrected chi connectivity index (χ2v) is 5.96. The van der Waals surface area contributed by atoms with Crippen molar-refractivity contribution in [2.75, 3.05) is 0 Å². The number of carboxylic acid groups (broad SMARTS) is 1. The quantitative estimate of drug-likeness (QED) is 0.935. The van der Waals surface area contributed by atoms with Gasteiger partial charge in [-0.05, 0) is 11.3 Å². The van der Waals surface area contributed by atoms with E-state index in [9.17, 15) is 4.79 Å². The number of pyridine rings is 1. The molecule has 0 fully saturated rings. The summed E-state index contributed by atoms with van der Waals surface area (Å²) < 4.78 is 1.73. The number of halogens is 1. The maximum Gasteiger partial charge on any atom is 0.337 e. The number of hydrogen-bond acceptors (Lipinski definition) is 4. The van der Waals surface area contributed by atoms with E-state index in [0.29, 0.717) is 16.6 Å². The fourth-order valence-corrected chi connectivity index (χ4v) is 2.43. The number of aromatic carboxylic acids is 1. The van der Waals surface area contributed by atoms with Gasteiger partial charge in [0.05, 0.1) is 11.3 Å². The van der Waals surface area contributed by atoms with Crippen molar-refractivity contribution in [2.24, 2.45) is 0 Å². The van der Waals surface area contributed by atoms with Crippen LogP contribution in [0.1, 0.15) is 30.0 Å². The summed E-state index contributed by atoms with van der Waals surface area (Å²) in [5, 5.41) is 17.6. The SMILES string of the molecule is CC(C)SCc1nnc2c(Cl)c(C(=O)O)ccn12. The molecular formula is C11H12ClN3O2S. The van der Waals surface area contributed by atoms with Gasteiger partial charge in [-0.1, -0.05) is 25.4 Å². The summed E-state index contributed by atoms with van der Waals surface area (Å²) in [4.78, 5) is 10.9. The van der Waals surface area contributed by atoms with Crippen LogP contribution in [0.4, 0.5) is 0 Å². The number of fused-ring (bicyclic) bond motifs is 1. The van der Waals surface area contributed by atoms with Crippen molar-refractivity contribution in [1.29, 1.82) is 0 Å². The number of hydrogen-bond donors (Lipinski definition) is 1. The van der Waals surface area contributed by atoms with Gasteiger partial charge in [0.2, 0.25) is 0 Å². The Kier molecular flexibility index (Phi) is 3.77. The van der Waals surface area contributed by atoms with Crippen LogP contribution < -0.4 is 0 Å². The van der Waals surface area contributed by atoms with Crippen LogP contribution >= 0.6 is 23.4 Å². The lowest BCUT2D eigenvalue weighted by molar-refractivity contribution is 0.0697. The van der Waals surface area contributed by atoms with Gasteiger partial charge >= 0.3 is 5.97 Å². The van der Waals surface area contributed by atoms with E-state index >= 15 is 0 Å². The molecule has 0 bridgehead atoms. The molecule has 0 atom stereocenters. The van der Waals surface area contributed by atoms with Crippen molar-refractivity contribution in [3.05, 3.63) is 28.7 Å². The number of aromatic nitrogens is 3. The molecule has 0 spiro atoms. The number of thioether (sulfide) groups is 1. The van der Waals surface area contributed by atoms with Crippen LogP contribution in [-0.2, 0) is 5.75 Å². The molecule has 0 saturated carbocycles. The molecular weight excluding hydrogens is 274 g/mol. The molecule has 2 rings (SSSR count). The molecule has 0 amide bonds. The Labute approximate surface area is 113 Å². The Balaban J connectivity index is 2.43. The Bertz CT molecular complexity index is 597. The minimum atomic E-state index is -1.07. The van der Waals surface area contributed by atoms with Gasteiger partial charge in [0, 0.05) is 6.20 Å². The zero-order chi connectivity index (χ0) is 13.3. The van der Waals surface area contributed by atoms with E-state index in [0.717, 1.165) is 5.82 Å². The van der Waals surface area contributed by atoms with Crippen molar-refractivity contribution in [2.45, 2.75) is 24.9 Å². The fraction of sp³-hybridized carbons (Fsp3) is 0.364. The third-order valence-electron chi connectivity index (χ3n) is 2.37. The topological polar surface area (TPSA) is 67.5 Å². The first-order valence-electron chi connectivity index (χ1n) is 5.37. The van der Waals surface area contributed by atoms with Gasteiger partial charge in [0.25, 0.3) is 0 Å². The molecule has 0 aliphatic carbocycles. The van der Waals surface area contributed by atoms with E-state index in [1.807, 2.05) is 0 Å². The lowest BCUT2D eigenvalue weighted by atomic mass is 10.2. The van der Waals surface area contributed by atoms with Gasteiger partial charge in [-0.15, -0.1) is 10.2 Å². The first kappa shape index (κ1) is 13.2. The summed E-state index contributed by atoms with van der Waals surface area (Å²) in [6.45, 7) is 4.20. The van der Waals surface area contributed by atoms with Gasteiger partial charge in [-0.25, -0.2) is 4.79 Å². The van der Waals surface area contributed by atoms with Gasteiger partial charge in [-0.3, -0.25) is 4.40 Å². The highest BCUT2D eigenvalue weighted by molar-refractivity contribution is 7.99. The van der Waals surface area contributed by atoms with Crippen molar-refractivity contribution >= 4 is 35.0 Å². The minimum Gasteiger partial charge on any atom is -0.478 e. The highest BCUT2D eigenvalue weighted by Gasteiger charge is 2.16. The summed E-state index contributed by atoms with van der Waals surface area (Å²) >= 11 is 7.74. The lowest BCUT2D eigenvalue weighted by Crippen LogP contribution is -2.01. The molecule has 5 nitrogen and oxygen atoms in total. The van der Waals surface area contributed by atoms with Crippen LogP contribution in [-0.4, -0.2) is 30.9 Å². The Morgan fingerprint density at radius 1 is 1.56 bits per heavy atom. The van der Waals surface area contributed by atoms with Crippen LogP contribution in [0.2, 0.25) is 5.02 Å². The van der Waals surface area contributed by atoms with Crippen LogP contribution in [0.5, 0.6) is 0 Å². The number of carbonyl (C=O) groups is 1. The zero-order valence-corrected chi connectivity index (χ0v) is 11.5. The van der Waals surface area contributed by atoms with Crippen molar-refractivity contribution in [3.63, 3.8) is 0 Å². The van der Waals surface area contributed by atoms with Crippen molar-refractivity contribution in [1.82, 2.24) is 14.6 Å². The molecule has 7 heteroatoms. The van der Waals surface area contributed by atoms with E-state index in [4.69, 9.17) is 16.7 Å². The molecule has 18 heavy (non-hydrogen) atoms. The summed E-state index contributed by atoms with van der Waals surface area (Å²) in [5.74, 6) is 0.410. The van der Waals surface area contributed by atoms with Gasteiger partial charge < -0.3 is 5.11 Å². The van der Waals surface area contributed by atoms with E-state index in [-0.39, 0.29) is 10.6 Å². The molecule has 96 valence electrons. The maximum atomic E-state index is 10.9. The van der Waals surface area contributed by atoms with E-state index in [1.165, 1.54) is 6.07 Å². The highest BCUT2D eigenvalue weighted by atomic mass is 35.5. The van der Waals surface area contributed by atoms with E-state index in [2.05, 4.69) is 24.0 Å². The number of carboxylic acids is 1. The van der Waals surface area contributed by atoms with E-state index in [1.54, 1.807) is 22.4 Å². The second kappa shape index (κ2) is 5.16. The normalized spacial score (nSPS) is 11.3. The molecule has 2 heterocycles.